The maximum Gasteiger partial charge on any atom is 0.141 e. The van der Waals surface area contributed by atoms with E-state index in [1.54, 1.807) is 36.4 Å². The van der Waals surface area contributed by atoms with Crippen LogP contribution in [0.5, 0.6) is 11.5 Å². The van der Waals surface area contributed by atoms with Gasteiger partial charge in [-0.15, -0.1) is 0 Å². The summed E-state index contributed by atoms with van der Waals surface area (Å²) in [6.45, 7) is 0. The van der Waals surface area contributed by atoms with Crippen molar-refractivity contribution in [3.05, 3.63) is 56.5 Å². The van der Waals surface area contributed by atoms with Gasteiger partial charge >= 0.3 is 0 Å². The summed E-state index contributed by atoms with van der Waals surface area (Å²) in [5, 5.41) is 9.76. The molecule has 0 unspecified atom stereocenters. The fourth-order valence-electron chi connectivity index (χ4n) is 1.33. The minimum absolute atomic E-state index is 0.361. The fraction of sp³-hybridized carbons (Fsp3) is 0. The van der Waals surface area contributed by atoms with Crippen LogP contribution in [0.2, 0.25) is 10.0 Å². The maximum absolute atomic E-state index is 8.78. The second-order valence-corrected chi connectivity index (χ2v) is 5.13. The fourth-order valence-corrected chi connectivity index (χ4v) is 2.31. The van der Waals surface area contributed by atoms with Gasteiger partial charge in [0.1, 0.15) is 17.6 Å². The Labute approximate surface area is 123 Å². The highest BCUT2D eigenvalue weighted by molar-refractivity contribution is 9.10. The topological polar surface area (TPSA) is 33.0 Å². The van der Waals surface area contributed by atoms with Crippen LogP contribution >= 0.6 is 39.1 Å². The third-order valence-corrected chi connectivity index (χ3v) is 3.35. The Balaban J connectivity index is 2.29. The van der Waals surface area contributed by atoms with Gasteiger partial charge in [0.25, 0.3) is 0 Å². The predicted octanol–water partition coefficient (Wildman–Crippen LogP) is 5.42. The molecule has 0 aromatic heterocycles. The van der Waals surface area contributed by atoms with Crippen LogP contribution in [0.15, 0.2) is 40.9 Å². The molecule has 0 aliphatic carbocycles. The van der Waals surface area contributed by atoms with Crippen LogP contribution in [0.3, 0.4) is 0 Å². The highest BCUT2D eigenvalue weighted by atomic mass is 79.9. The lowest BCUT2D eigenvalue weighted by Crippen LogP contribution is -1.86. The van der Waals surface area contributed by atoms with Crippen molar-refractivity contribution in [3.8, 4) is 17.6 Å². The van der Waals surface area contributed by atoms with Crippen LogP contribution in [0, 0.1) is 11.3 Å². The molecular formula is C13H6BrCl2NO. The van der Waals surface area contributed by atoms with Gasteiger partial charge in [0.05, 0.1) is 15.1 Å². The van der Waals surface area contributed by atoms with Gasteiger partial charge in [0.2, 0.25) is 0 Å². The van der Waals surface area contributed by atoms with Gasteiger partial charge in [-0.05, 0) is 46.3 Å². The second kappa shape index (κ2) is 5.62. The molecule has 0 saturated heterocycles. The molecule has 0 radical (unpaired) electrons. The number of hydrogen-bond donors (Lipinski definition) is 0. The molecule has 0 fully saturated rings. The smallest absolute Gasteiger partial charge is 0.141 e. The van der Waals surface area contributed by atoms with E-state index in [0.717, 1.165) is 4.47 Å². The second-order valence-electron chi connectivity index (χ2n) is 3.43. The number of halogens is 3. The standard InChI is InChI=1S/C13H6BrCl2NO/c14-11-5-9(15)2-4-13(11)18-10-3-1-8(7-17)12(16)6-10/h1-6H. The Hall–Kier alpha value is -1.21. The number of nitriles is 1. The maximum atomic E-state index is 8.78. The Morgan fingerprint density at radius 2 is 1.89 bits per heavy atom. The lowest BCUT2D eigenvalue weighted by atomic mass is 10.2. The summed E-state index contributed by atoms with van der Waals surface area (Å²) in [5.74, 6) is 1.18. The van der Waals surface area contributed by atoms with Crippen LogP contribution in [0.4, 0.5) is 0 Å². The Morgan fingerprint density at radius 1 is 1.11 bits per heavy atom. The summed E-state index contributed by atoms with van der Waals surface area (Å²) in [6.07, 6.45) is 0. The van der Waals surface area contributed by atoms with E-state index < -0.39 is 0 Å². The zero-order chi connectivity index (χ0) is 13.1. The van der Waals surface area contributed by atoms with Gasteiger partial charge in [-0.25, -0.2) is 0 Å². The van der Waals surface area contributed by atoms with Crippen LogP contribution in [-0.4, -0.2) is 0 Å². The van der Waals surface area contributed by atoms with E-state index in [9.17, 15) is 0 Å². The lowest BCUT2D eigenvalue weighted by Gasteiger charge is -2.08. The molecule has 0 aliphatic heterocycles. The van der Waals surface area contributed by atoms with E-state index in [1.165, 1.54) is 0 Å². The average molecular weight is 343 g/mol. The van der Waals surface area contributed by atoms with Crippen LogP contribution in [0.25, 0.3) is 0 Å². The van der Waals surface area contributed by atoms with E-state index in [-0.39, 0.29) is 0 Å². The van der Waals surface area contributed by atoms with Gasteiger partial charge in [0, 0.05) is 11.1 Å². The molecule has 0 heterocycles. The third kappa shape index (κ3) is 2.97. The van der Waals surface area contributed by atoms with Gasteiger partial charge in [-0.1, -0.05) is 23.2 Å². The lowest BCUT2D eigenvalue weighted by molar-refractivity contribution is 0.479. The molecule has 90 valence electrons. The molecule has 0 atom stereocenters. The molecule has 2 rings (SSSR count). The van der Waals surface area contributed by atoms with E-state index >= 15 is 0 Å². The van der Waals surface area contributed by atoms with Crippen molar-refractivity contribution in [2.75, 3.05) is 0 Å². The molecule has 2 aromatic carbocycles. The van der Waals surface area contributed by atoms with Gasteiger partial charge < -0.3 is 4.74 Å². The largest absolute Gasteiger partial charge is 0.456 e. The molecule has 0 amide bonds. The SMILES string of the molecule is N#Cc1ccc(Oc2ccc(Cl)cc2Br)cc1Cl. The van der Waals surface area contributed by atoms with E-state index in [4.69, 9.17) is 33.2 Å². The van der Waals surface area contributed by atoms with Crippen LogP contribution < -0.4 is 4.74 Å². The summed E-state index contributed by atoms with van der Waals surface area (Å²) >= 11 is 15.1. The number of benzene rings is 2. The van der Waals surface area contributed by atoms with E-state index in [0.29, 0.717) is 27.1 Å². The first-order valence-electron chi connectivity index (χ1n) is 4.92. The zero-order valence-corrected chi connectivity index (χ0v) is 12.1. The van der Waals surface area contributed by atoms with Crippen LogP contribution in [-0.2, 0) is 0 Å². The minimum Gasteiger partial charge on any atom is -0.456 e. The van der Waals surface area contributed by atoms with Crippen molar-refractivity contribution >= 4 is 39.1 Å². The number of rotatable bonds is 2. The van der Waals surface area contributed by atoms with Gasteiger partial charge in [-0.2, -0.15) is 5.26 Å². The summed E-state index contributed by atoms with van der Waals surface area (Å²) in [4.78, 5) is 0. The first-order chi connectivity index (χ1) is 8.60. The molecular weight excluding hydrogens is 337 g/mol. The summed E-state index contributed by atoms with van der Waals surface area (Å²) in [5.41, 5.74) is 0.416. The highest BCUT2D eigenvalue weighted by Crippen LogP contribution is 2.33. The Morgan fingerprint density at radius 3 is 2.50 bits per heavy atom. The first kappa shape index (κ1) is 13.2. The Kier molecular flexibility index (Phi) is 4.13. The molecule has 2 aromatic rings. The van der Waals surface area contributed by atoms with Crippen molar-refractivity contribution in [3.63, 3.8) is 0 Å². The molecule has 0 bridgehead atoms. The van der Waals surface area contributed by atoms with Crippen LogP contribution in [0.1, 0.15) is 5.56 Å². The van der Waals surface area contributed by atoms with Crippen molar-refractivity contribution in [1.82, 2.24) is 0 Å². The monoisotopic (exact) mass is 341 g/mol. The quantitative estimate of drug-likeness (QED) is 0.730. The molecule has 18 heavy (non-hydrogen) atoms. The summed E-state index contributed by atoms with van der Waals surface area (Å²) < 4.78 is 6.39. The third-order valence-electron chi connectivity index (χ3n) is 2.18. The molecule has 2 nitrogen and oxygen atoms in total. The number of ether oxygens (including phenoxy) is 1. The number of hydrogen-bond acceptors (Lipinski definition) is 2. The normalized spacial score (nSPS) is 9.89. The highest BCUT2D eigenvalue weighted by Gasteiger charge is 2.06. The zero-order valence-electron chi connectivity index (χ0n) is 8.95. The van der Waals surface area contributed by atoms with Crippen molar-refractivity contribution in [2.45, 2.75) is 0 Å². The van der Waals surface area contributed by atoms with E-state index in [1.807, 2.05) is 6.07 Å². The average Bonchev–Trinajstić information content (AvgIpc) is 2.33. The number of nitrogens with zero attached hydrogens (tertiary/aromatic N) is 1. The Bertz CT molecular complexity index is 637. The van der Waals surface area contributed by atoms with E-state index in [2.05, 4.69) is 15.9 Å². The molecule has 0 spiro atoms. The molecule has 5 heteroatoms. The first-order valence-corrected chi connectivity index (χ1v) is 6.47. The van der Waals surface area contributed by atoms with Crippen molar-refractivity contribution < 1.29 is 4.74 Å². The summed E-state index contributed by atoms with van der Waals surface area (Å²) in [6, 6.07) is 12.1. The molecule has 0 aliphatic rings. The predicted molar refractivity (Wildman–Crippen MR) is 75.4 cm³/mol. The van der Waals surface area contributed by atoms with Crippen molar-refractivity contribution in [2.24, 2.45) is 0 Å². The van der Waals surface area contributed by atoms with Gasteiger partial charge in [-0.3, -0.25) is 0 Å². The van der Waals surface area contributed by atoms with Crippen molar-refractivity contribution in [1.29, 1.82) is 5.26 Å². The minimum atomic E-state index is 0.361. The summed E-state index contributed by atoms with van der Waals surface area (Å²) in [7, 11) is 0. The molecule has 0 saturated carbocycles. The molecule has 0 N–H and O–H groups in total. The van der Waals surface area contributed by atoms with Gasteiger partial charge in [0.15, 0.2) is 0 Å².